The third-order valence-corrected chi connectivity index (χ3v) is 9.03. The Morgan fingerprint density at radius 3 is 2.48 bits per heavy atom. The molecular weight excluding hydrogens is 608 g/mol. The number of amides is 2. The van der Waals surface area contributed by atoms with Gasteiger partial charge >= 0.3 is 6.18 Å². The maximum Gasteiger partial charge on any atom is 0.417 e. The summed E-state index contributed by atoms with van der Waals surface area (Å²) in [7, 11) is 1.31. The largest absolute Gasteiger partial charge is 0.494 e. The average Bonchev–Trinajstić information content (AvgIpc) is 3.35. The zero-order valence-corrected chi connectivity index (χ0v) is 24.9. The number of fused-ring (bicyclic) bond motifs is 2. The molecule has 9 nitrogen and oxygen atoms in total. The number of carbonyl (C=O) groups excluding carboxylic acids is 2. The van der Waals surface area contributed by atoms with Gasteiger partial charge in [0.05, 0.1) is 24.9 Å². The first-order valence-electron chi connectivity index (χ1n) is 14.5. The van der Waals surface area contributed by atoms with Gasteiger partial charge in [-0.15, -0.1) is 0 Å². The smallest absolute Gasteiger partial charge is 0.417 e. The minimum atomic E-state index is -4.64. The lowest BCUT2D eigenvalue weighted by molar-refractivity contribution is -0.137. The minimum Gasteiger partial charge on any atom is -0.494 e. The highest BCUT2D eigenvalue weighted by Crippen LogP contribution is 2.48. The van der Waals surface area contributed by atoms with E-state index in [1.807, 2.05) is 0 Å². The van der Waals surface area contributed by atoms with Crippen LogP contribution in [0, 0.1) is 11.7 Å². The molecule has 1 aliphatic carbocycles. The molecule has 2 aromatic carbocycles. The van der Waals surface area contributed by atoms with Gasteiger partial charge in [0, 0.05) is 28.3 Å². The van der Waals surface area contributed by atoms with E-state index in [-0.39, 0.29) is 58.4 Å². The van der Waals surface area contributed by atoms with E-state index in [0.29, 0.717) is 30.2 Å². The highest BCUT2D eigenvalue weighted by atomic mass is 19.4. The predicted molar refractivity (Wildman–Crippen MR) is 159 cm³/mol. The number of aromatic nitrogens is 2. The Hall–Kier alpha value is -4.78. The molecule has 2 amide bonds. The highest BCUT2D eigenvalue weighted by molar-refractivity contribution is 6.00. The first kappa shape index (κ1) is 31.2. The van der Waals surface area contributed by atoms with Gasteiger partial charge in [0.1, 0.15) is 46.1 Å². The van der Waals surface area contributed by atoms with Crippen molar-refractivity contribution in [3.8, 4) is 22.8 Å². The van der Waals surface area contributed by atoms with Crippen molar-refractivity contribution in [2.45, 2.75) is 43.4 Å². The van der Waals surface area contributed by atoms with Gasteiger partial charge in [0.2, 0.25) is 5.91 Å². The van der Waals surface area contributed by atoms with Gasteiger partial charge in [-0.3, -0.25) is 14.6 Å². The van der Waals surface area contributed by atoms with Gasteiger partial charge in [-0.05, 0) is 74.2 Å². The van der Waals surface area contributed by atoms with Crippen molar-refractivity contribution >= 4 is 22.7 Å². The summed E-state index contributed by atoms with van der Waals surface area (Å²) in [4.78, 5) is 34.7. The second kappa shape index (κ2) is 11.2. The summed E-state index contributed by atoms with van der Waals surface area (Å²) in [5.41, 5.74) is 3.26. The molecule has 0 radical (unpaired) electrons. The molecule has 46 heavy (non-hydrogen) atoms. The van der Waals surface area contributed by atoms with E-state index < -0.39 is 40.4 Å². The molecule has 240 valence electrons. The number of benzene rings is 2. The number of primary amides is 1. The van der Waals surface area contributed by atoms with Gasteiger partial charge in [0.15, 0.2) is 0 Å². The number of carbonyl (C=O) groups is 2. The zero-order valence-electron chi connectivity index (χ0n) is 24.9. The van der Waals surface area contributed by atoms with Crippen molar-refractivity contribution in [3.05, 3.63) is 82.9 Å². The molecule has 0 saturated heterocycles. The van der Waals surface area contributed by atoms with Crippen LogP contribution in [0.3, 0.4) is 0 Å². The number of nitrogens with one attached hydrogen (secondary N) is 1. The van der Waals surface area contributed by atoms with Crippen LogP contribution in [0.1, 0.15) is 53.4 Å². The number of pyridine rings is 2. The fourth-order valence-corrected chi connectivity index (χ4v) is 5.92. The quantitative estimate of drug-likeness (QED) is 0.231. The van der Waals surface area contributed by atoms with Crippen molar-refractivity contribution in [2.75, 3.05) is 20.3 Å². The second-order valence-corrected chi connectivity index (χ2v) is 11.9. The van der Waals surface area contributed by atoms with Crippen LogP contribution in [-0.2, 0) is 22.0 Å². The average molecular weight is 639 g/mol. The third-order valence-electron chi connectivity index (χ3n) is 9.03. The van der Waals surface area contributed by atoms with Crippen LogP contribution in [0.5, 0.6) is 11.5 Å². The van der Waals surface area contributed by atoms with E-state index in [0.717, 1.165) is 12.5 Å². The van der Waals surface area contributed by atoms with E-state index in [1.165, 1.54) is 43.5 Å². The molecule has 0 bridgehead atoms. The van der Waals surface area contributed by atoms with Crippen molar-refractivity contribution in [2.24, 2.45) is 11.7 Å². The molecule has 2 aliphatic rings. The minimum absolute atomic E-state index is 0.00921. The SMILES string of the molecule is COc1cc(C(=O)NCC(O)(c2cc3c(c(-c4ccc(F)cc4)n2)OC[C@]3(C)C(N)=O)C2CCC2)cc2cc(C(F)(F)F)cnc12. The first-order chi connectivity index (χ1) is 21.7. The first-order valence-corrected chi connectivity index (χ1v) is 14.5. The molecule has 1 aliphatic heterocycles. The Labute approximate surface area is 260 Å². The monoisotopic (exact) mass is 638 g/mol. The normalized spacial score (nSPS) is 19.1. The number of hydrogen-bond donors (Lipinski definition) is 3. The van der Waals surface area contributed by atoms with E-state index in [4.69, 9.17) is 20.2 Å². The highest BCUT2D eigenvalue weighted by Gasteiger charge is 2.48. The number of methoxy groups -OCH3 is 1. The molecule has 2 atom stereocenters. The topological polar surface area (TPSA) is 137 Å². The number of ether oxygens (including phenoxy) is 2. The standard InChI is InChI=1S/C33H30F4N4O5/c1-31(30(38)43)16-46-28-23(31)13-25(41-27(28)17-6-8-22(34)9-7-17)32(44,20-4-3-5-20)15-40-29(42)19-10-18-11-21(33(35,36)37)14-39-26(18)24(12-19)45-2/h6-14,20,44H,3-5,15-16H2,1-2H3,(H2,38,43)(H,40,42)/t31-,32?/m0/s1. The summed E-state index contributed by atoms with van der Waals surface area (Å²) >= 11 is 0. The number of rotatable bonds is 8. The van der Waals surface area contributed by atoms with Gasteiger partial charge in [-0.2, -0.15) is 13.2 Å². The summed E-state index contributed by atoms with van der Waals surface area (Å²) in [6, 6.07) is 10.6. The summed E-state index contributed by atoms with van der Waals surface area (Å²) in [5.74, 6) is -1.74. The Morgan fingerprint density at radius 2 is 1.87 bits per heavy atom. The van der Waals surface area contributed by atoms with E-state index >= 15 is 0 Å². The maximum atomic E-state index is 13.8. The van der Waals surface area contributed by atoms with Crippen LogP contribution in [0.25, 0.3) is 22.2 Å². The molecule has 1 unspecified atom stereocenters. The Morgan fingerprint density at radius 1 is 1.15 bits per heavy atom. The van der Waals surface area contributed by atoms with Crippen LogP contribution >= 0.6 is 0 Å². The van der Waals surface area contributed by atoms with Crippen molar-refractivity contribution in [3.63, 3.8) is 0 Å². The Kier molecular flexibility index (Phi) is 7.62. The fourth-order valence-electron chi connectivity index (χ4n) is 5.92. The summed E-state index contributed by atoms with van der Waals surface area (Å²) < 4.78 is 65.2. The molecular formula is C33H30F4N4O5. The van der Waals surface area contributed by atoms with Gasteiger partial charge in [-0.1, -0.05) is 6.42 Å². The molecule has 6 rings (SSSR count). The zero-order chi connectivity index (χ0) is 33.0. The number of halogens is 4. The Bertz CT molecular complexity index is 1860. The van der Waals surface area contributed by atoms with E-state index in [1.54, 1.807) is 13.0 Å². The number of nitrogens with zero attached hydrogens (tertiary/aromatic N) is 2. The van der Waals surface area contributed by atoms with E-state index in [9.17, 15) is 32.3 Å². The lowest BCUT2D eigenvalue weighted by atomic mass is 9.70. The fraction of sp³-hybridized carbons (Fsp3) is 0.333. The van der Waals surface area contributed by atoms with Gasteiger partial charge in [0.25, 0.3) is 5.91 Å². The summed E-state index contributed by atoms with van der Waals surface area (Å²) in [6.45, 7) is 1.24. The molecule has 2 aromatic heterocycles. The molecule has 1 saturated carbocycles. The molecule has 0 spiro atoms. The third kappa shape index (κ3) is 5.27. The van der Waals surface area contributed by atoms with Crippen LogP contribution in [0.4, 0.5) is 17.6 Å². The van der Waals surface area contributed by atoms with Gasteiger partial charge in [-0.25, -0.2) is 9.37 Å². The second-order valence-electron chi connectivity index (χ2n) is 11.9. The number of aliphatic hydroxyl groups is 1. The lowest BCUT2D eigenvalue weighted by Crippen LogP contribution is -2.49. The lowest BCUT2D eigenvalue weighted by Gasteiger charge is -2.41. The van der Waals surface area contributed by atoms with Crippen LogP contribution in [0.2, 0.25) is 0 Å². The van der Waals surface area contributed by atoms with Crippen LogP contribution < -0.4 is 20.5 Å². The maximum absolute atomic E-state index is 13.8. The van der Waals surface area contributed by atoms with Crippen LogP contribution in [-0.4, -0.2) is 47.2 Å². The molecule has 1 fully saturated rings. The van der Waals surface area contributed by atoms with Crippen LogP contribution in [0.15, 0.2) is 54.7 Å². The van der Waals surface area contributed by atoms with Gasteiger partial charge < -0.3 is 25.6 Å². The van der Waals surface area contributed by atoms with E-state index in [2.05, 4.69) is 10.3 Å². The molecule has 4 aromatic rings. The molecule has 3 heterocycles. The number of alkyl halides is 3. The number of nitrogens with two attached hydrogens (primary N) is 1. The predicted octanol–water partition coefficient (Wildman–Crippen LogP) is 5.02. The van der Waals surface area contributed by atoms with Crippen molar-refractivity contribution in [1.29, 1.82) is 0 Å². The summed E-state index contributed by atoms with van der Waals surface area (Å²) in [6.07, 6.45) is -1.87. The van der Waals surface area contributed by atoms with Crippen molar-refractivity contribution in [1.82, 2.24) is 15.3 Å². The Balaban J connectivity index is 1.40. The molecule has 4 N–H and O–H groups in total. The summed E-state index contributed by atoms with van der Waals surface area (Å²) in [5, 5.41) is 15.1. The van der Waals surface area contributed by atoms with Crippen molar-refractivity contribution < 1.29 is 41.7 Å². The molecule has 13 heteroatoms. The number of hydrogen-bond acceptors (Lipinski definition) is 7.